The standard InChI is InChI=1S/C27H28N4O4/c1-17(32)28-21-8-4-20(5-9-21)26(33)29-22-6-2-19(3-7-22)24-10-11-25(35-24)27(34)30-23-16-31-14-12-18(23)13-15-31/h2-11,18,23H,12-16H2,1H3,(H,28,32)(H,29,33)(H,30,34). The second-order valence-corrected chi connectivity index (χ2v) is 9.17. The quantitative estimate of drug-likeness (QED) is 0.504. The molecule has 8 nitrogen and oxygen atoms in total. The highest BCUT2D eigenvalue weighted by Crippen LogP contribution is 2.28. The van der Waals surface area contributed by atoms with Crippen LogP contribution in [0.4, 0.5) is 11.4 Å². The highest BCUT2D eigenvalue weighted by atomic mass is 16.3. The molecule has 3 aliphatic heterocycles. The van der Waals surface area contributed by atoms with Gasteiger partial charge < -0.3 is 25.3 Å². The lowest BCUT2D eigenvalue weighted by Crippen LogP contribution is -2.57. The minimum absolute atomic E-state index is 0.166. The summed E-state index contributed by atoms with van der Waals surface area (Å²) in [7, 11) is 0. The SMILES string of the molecule is CC(=O)Nc1ccc(C(=O)Nc2ccc(-c3ccc(C(=O)NC4CN5CCC4CC5)o3)cc2)cc1. The van der Waals surface area contributed by atoms with Crippen LogP contribution in [-0.4, -0.2) is 48.3 Å². The van der Waals surface area contributed by atoms with E-state index in [4.69, 9.17) is 4.42 Å². The van der Waals surface area contributed by atoms with Gasteiger partial charge in [0.05, 0.1) is 0 Å². The molecule has 1 unspecified atom stereocenters. The molecule has 1 aromatic heterocycles. The molecular formula is C27H28N4O4. The van der Waals surface area contributed by atoms with E-state index in [2.05, 4.69) is 20.9 Å². The number of fused-ring (bicyclic) bond motifs is 3. The Kier molecular flexibility index (Phi) is 6.37. The zero-order valence-electron chi connectivity index (χ0n) is 19.5. The summed E-state index contributed by atoms with van der Waals surface area (Å²) >= 11 is 0. The molecule has 0 aliphatic carbocycles. The number of nitrogens with zero attached hydrogens (tertiary/aromatic N) is 1. The molecule has 3 saturated heterocycles. The molecule has 3 amide bonds. The number of amides is 3. The van der Waals surface area contributed by atoms with Crippen molar-refractivity contribution >= 4 is 29.1 Å². The van der Waals surface area contributed by atoms with Crippen molar-refractivity contribution in [2.75, 3.05) is 30.3 Å². The molecule has 0 saturated carbocycles. The first-order valence-electron chi connectivity index (χ1n) is 11.9. The Labute approximate surface area is 203 Å². The van der Waals surface area contributed by atoms with E-state index in [1.807, 2.05) is 12.1 Å². The monoisotopic (exact) mass is 472 g/mol. The molecule has 1 atom stereocenters. The van der Waals surface area contributed by atoms with Crippen LogP contribution >= 0.6 is 0 Å². The summed E-state index contributed by atoms with van der Waals surface area (Å²) in [6.07, 6.45) is 2.28. The van der Waals surface area contributed by atoms with Gasteiger partial charge in [-0.3, -0.25) is 14.4 Å². The van der Waals surface area contributed by atoms with Crippen molar-refractivity contribution in [3.05, 3.63) is 72.0 Å². The van der Waals surface area contributed by atoms with E-state index in [0.29, 0.717) is 34.4 Å². The molecule has 35 heavy (non-hydrogen) atoms. The number of carbonyl (C=O) groups excluding carboxylic acids is 3. The molecule has 3 aliphatic rings. The summed E-state index contributed by atoms with van der Waals surface area (Å²) < 4.78 is 5.84. The van der Waals surface area contributed by atoms with Crippen molar-refractivity contribution in [1.29, 1.82) is 0 Å². The number of benzene rings is 2. The van der Waals surface area contributed by atoms with E-state index in [1.54, 1.807) is 48.5 Å². The summed E-state index contributed by atoms with van der Waals surface area (Å²) in [5.74, 6) is 0.851. The molecule has 6 rings (SSSR count). The largest absolute Gasteiger partial charge is 0.451 e. The van der Waals surface area contributed by atoms with Crippen molar-refractivity contribution in [2.45, 2.75) is 25.8 Å². The Morgan fingerprint density at radius 3 is 2.11 bits per heavy atom. The first-order valence-corrected chi connectivity index (χ1v) is 11.9. The van der Waals surface area contributed by atoms with Crippen LogP contribution in [-0.2, 0) is 4.79 Å². The van der Waals surface area contributed by atoms with Crippen molar-refractivity contribution in [1.82, 2.24) is 10.2 Å². The van der Waals surface area contributed by atoms with Gasteiger partial charge >= 0.3 is 0 Å². The minimum atomic E-state index is -0.253. The lowest BCUT2D eigenvalue weighted by Gasteiger charge is -2.44. The molecule has 8 heteroatoms. The third-order valence-corrected chi connectivity index (χ3v) is 6.70. The molecule has 180 valence electrons. The van der Waals surface area contributed by atoms with Crippen molar-refractivity contribution in [2.24, 2.45) is 5.92 Å². The molecule has 2 aromatic carbocycles. The molecule has 0 spiro atoms. The summed E-state index contributed by atoms with van der Waals surface area (Å²) in [4.78, 5) is 38.8. The smallest absolute Gasteiger partial charge is 0.287 e. The summed E-state index contributed by atoms with van der Waals surface area (Å²) in [5, 5.41) is 8.67. The fourth-order valence-corrected chi connectivity index (χ4v) is 4.81. The van der Waals surface area contributed by atoms with Gasteiger partial charge in [-0.2, -0.15) is 0 Å². The van der Waals surface area contributed by atoms with Crippen LogP contribution in [0.3, 0.4) is 0 Å². The van der Waals surface area contributed by atoms with Crippen LogP contribution in [0.15, 0.2) is 65.1 Å². The van der Waals surface area contributed by atoms with Crippen LogP contribution < -0.4 is 16.0 Å². The Morgan fingerprint density at radius 1 is 0.829 bits per heavy atom. The van der Waals surface area contributed by atoms with Gasteiger partial charge in [0.25, 0.3) is 11.8 Å². The average Bonchev–Trinajstić information content (AvgIpc) is 3.36. The molecule has 3 fully saturated rings. The van der Waals surface area contributed by atoms with E-state index >= 15 is 0 Å². The van der Waals surface area contributed by atoms with E-state index in [0.717, 1.165) is 38.0 Å². The number of hydrogen-bond acceptors (Lipinski definition) is 5. The summed E-state index contributed by atoms with van der Waals surface area (Å²) in [6, 6.07) is 17.6. The number of furan rings is 1. The van der Waals surface area contributed by atoms with Gasteiger partial charge in [-0.05, 0) is 92.5 Å². The van der Waals surface area contributed by atoms with Crippen molar-refractivity contribution in [3.63, 3.8) is 0 Å². The van der Waals surface area contributed by atoms with Crippen LogP contribution in [0.2, 0.25) is 0 Å². The second kappa shape index (κ2) is 9.76. The first-order chi connectivity index (χ1) is 16.9. The lowest BCUT2D eigenvalue weighted by molar-refractivity contribution is -0.114. The zero-order valence-corrected chi connectivity index (χ0v) is 19.5. The van der Waals surface area contributed by atoms with Crippen molar-refractivity contribution in [3.8, 4) is 11.3 Å². The van der Waals surface area contributed by atoms with E-state index in [9.17, 15) is 14.4 Å². The zero-order chi connectivity index (χ0) is 24.4. The Hall–Kier alpha value is -3.91. The van der Waals surface area contributed by atoms with E-state index < -0.39 is 0 Å². The third kappa shape index (κ3) is 5.27. The predicted molar refractivity (Wildman–Crippen MR) is 133 cm³/mol. The maximum absolute atomic E-state index is 12.7. The highest BCUT2D eigenvalue weighted by Gasteiger charge is 2.35. The molecule has 0 radical (unpaired) electrons. The van der Waals surface area contributed by atoms with Gasteiger partial charge in [0.2, 0.25) is 5.91 Å². The van der Waals surface area contributed by atoms with Gasteiger partial charge in [-0.25, -0.2) is 0 Å². The van der Waals surface area contributed by atoms with Crippen LogP contribution in [0.25, 0.3) is 11.3 Å². The van der Waals surface area contributed by atoms with Gasteiger partial charge in [0.15, 0.2) is 5.76 Å². The lowest BCUT2D eigenvalue weighted by atomic mass is 9.84. The summed E-state index contributed by atoms with van der Waals surface area (Å²) in [5.41, 5.74) is 2.56. The fourth-order valence-electron chi connectivity index (χ4n) is 4.81. The Morgan fingerprint density at radius 2 is 1.49 bits per heavy atom. The molecule has 3 N–H and O–H groups in total. The highest BCUT2D eigenvalue weighted by molar-refractivity contribution is 6.04. The second-order valence-electron chi connectivity index (χ2n) is 9.17. The van der Waals surface area contributed by atoms with Crippen LogP contribution in [0.5, 0.6) is 0 Å². The normalized spacial score (nSPS) is 20.8. The molecule has 2 bridgehead atoms. The first kappa shape index (κ1) is 22.9. The van der Waals surface area contributed by atoms with E-state index in [-0.39, 0.29) is 23.8 Å². The summed E-state index contributed by atoms with van der Waals surface area (Å²) in [6.45, 7) is 4.60. The predicted octanol–water partition coefficient (Wildman–Crippen LogP) is 3.98. The maximum atomic E-state index is 12.7. The fraction of sp³-hybridized carbons (Fsp3) is 0.296. The van der Waals surface area contributed by atoms with Crippen LogP contribution in [0.1, 0.15) is 40.7 Å². The minimum Gasteiger partial charge on any atom is -0.451 e. The number of piperidine rings is 3. The van der Waals surface area contributed by atoms with Crippen LogP contribution in [0, 0.1) is 5.92 Å². The topological polar surface area (TPSA) is 104 Å². The average molecular weight is 473 g/mol. The Bertz CT molecular complexity index is 1220. The van der Waals surface area contributed by atoms with Crippen molar-refractivity contribution < 1.29 is 18.8 Å². The number of anilines is 2. The number of rotatable bonds is 6. The number of nitrogens with one attached hydrogen (secondary N) is 3. The maximum Gasteiger partial charge on any atom is 0.287 e. The number of hydrogen-bond donors (Lipinski definition) is 3. The molecular weight excluding hydrogens is 444 g/mol. The Balaban J connectivity index is 1.19. The van der Waals surface area contributed by atoms with Gasteiger partial charge in [-0.1, -0.05) is 0 Å². The number of carbonyl (C=O) groups is 3. The third-order valence-electron chi connectivity index (χ3n) is 6.70. The molecule has 3 aromatic rings. The van der Waals surface area contributed by atoms with Gasteiger partial charge in [0, 0.05) is 42.0 Å². The van der Waals surface area contributed by atoms with Gasteiger partial charge in [-0.15, -0.1) is 0 Å². The van der Waals surface area contributed by atoms with Gasteiger partial charge in [0.1, 0.15) is 5.76 Å². The molecule has 4 heterocycles. The van der Waals surface area contributed by atoms with E-state index in [1.165, 1.54) is 6.92 Å².